The number of aromatic nitrogens is 1. The summed E-state index contributed by atoms with van der Waals surface area (Å²) in [6.07, 6.45) is -1.17. The summed E-state index contributed by atoms with van der Waals surface area (Å²) in [6.45, 7) is 4.93. The highest BCUT2D eigenvalue weighted by atomic mass is 31.2. The van der Waals surface area contributed by atoms with Crippen molar-refractivity contribution >= 4 is 31.5 Å². The van der Waals surface area contributed by atoms with Gasteiger partial charge in [0.2, 0.25) is 18.0 Å². The first-order chi connectivity index (χ1) is 23.0. The summed E-state index contributed by atoms with van der Waals surface area (Å²) in [5.74, 6) is -3.91. The standard InChI is InChI=1S/C30H35F2N4O12P/c1-15-10-30(48-34-15)8-7-16(2)35-13-23(30)36-12-21(27(38)33-11-19-5-6-20(31)9-22(19)32)25(37)26(24(36)28(35)39)44-14-45-29(40)46-17(3)18(4)47-49(41,42)43/h5-6,9,12,16-18,23H,7-8,10-11,13-14H2,1-4H3,(H,33,38)(H2,41,42,43)/t16-,17+,18+,23+,30-/m0/s1. The monoisotopic (exact) mass is 712 g/mol. The molecule has 1 saturated heterocycles. The molecule has 0 aliphatic carbocycles. The van der Waals surface area contributed by atoms with Crippen LogP contribution in [-0.4, -0.2) is 80.1 Å². The molecule has 2 aromatic rings. The zero-order chi connectivity index (χ0) is 35.8. The number of nitrogens with zero attached hydrogens (tertiary/aromatic N) is 3. The molecule has 3 aliphatic rings. The lowest BCUT2D eigenvalue weighted by molar-refractivity contribution is -0.0659. The average Bonchev–Trinajstić information content (AvgIpc) is 3.34. The number of carbonyl (C=O) groups excluding carboxylic acids is 3. The van der Waals surface area contributed by atoms with Crippen molar-refractivity contribution < 1.29 is 61.1 Å². The number of pyridine rings is 1. The minimum atomic E-state index is -4.89. The molecule has 0 saturated carbocycles. The number of fused-ring (bicyclic) bond motifs is 5. The van der Waals surface area contributed by atoms with E-state index in [9.17, 15) is 32.5 Å². The van der Waals surface area contributed by atoms with Crippen LogP contribution in [0.1, 0.15) is 79.4 Å². The molecule has 0 unspecified atom stereocenters. The Morgan fingerprint density at radius 3 is 2.61 bits per heavy atom. The molecule has 0 radical (unpaired) electrons. The van der Waals surface area contributed by atoms with Gasteiger partial charge in [-0.2, -0.15) is 0 Å². The van der Waals surface area contributed by atoms with E-state index >= 15 is 0 Å². The van der Waals surface area contributed by atoms with Gasteiger partial charge in [-0.05, 0) is 46.6 Å². The summed E-state index contributed by atoms with van der Waals surface area (Å²) in [6, 6.07) is 1.86. The van der Waals surface area contributed by atoms with Gasteiger partial charge in [0, 0.05) is 43.4 Å². The quantitative estimate of drug-likeness (QED) is 0.185. The van der Waals surface area contributed by atoms with Crippen LogP contribution in [0.15, 0.2) is 34.3 Å². The Labute approximate surface area is 278 Å². The van der Waals surface area contributed by atoms with E-state index in [0.717, 1.165) is 12.1 Å². The van der Waals surface area contributed by atoms with E-state index in [0.29, 0.717) is 31.0 Å². The number of phosphoric ester groups is 1. The number of carbonyl (C=O) groups is 3. The van der Waals surface area contributed by atoms with Crippen LogP contribution in [0, 0.1) is 11.6 Å². The van der Waals surface area contributed by atoms with Crippen molar-refractivity contribution in [3.8, 4) is 5.75 Å². The number of oxime groups is 1. The van der Waals surface area contributed by atoms with Gasteiger partial charge >= 0.3 is 14.0 Å². The van der Waals surface area contributed by atoms with E-state index in [2.05, 4.69) is 15.0 Å². The van der Waals surface area contributed by atoms with E-state index in [1.807, 2.05) is 6.92 Å². The Morgan fingerprint density at radius 2 is 1.96 bits per heavy atom. The predicted octanol–water partition coefficient (Wildman–Crippen LogP) is 3.15. The first-order valence-electron chi connectivity index (χ1n) is 15.2. The van der Waals surface area contributed by atoms with Crippen LogP contribution in [0.5, 0.6) is 5.75 Å². The van der Waals surface area contributed by atoms with Crippen LogP contribution in [-0.2, 0) is 29.9 Å². The maximum absolute atomic E-state index is 14.3. The van der Waals surface area contributed by atoms with E-state index in [4.69, 9.17) is 28.8 Å². The minimum Gasteiger partial charge on any atom is -0.451 e. The van der Waals surface area contributed by atoms with Crippen LogP contribution < -0.4 is 15.5 Å². The Kier molecular flexibility index (Phi) is 10.2. The molecule has 3 N–H and O–H groups in total. The summed E-state index contributed by atoms with van der Waals surface area (Å²) in [5.41, 5.74) is -2.07. The molecule has 16 nitrogen and oxygen atoms in total. The summed E-state index contributed by atoms with van der Waals surface area (Å²) in [5, 5.41) is 6.60. The highest BCUT2D eigenvalue weighted by molar-refractivity contribution is 7.46. The molecule has 49 heavy (non-hydrogen) atoms. The fraction of sp³-hybridized carbons (Fsp3) is 0.500. The molecule has 2 amide bonds. The molecule has 266 valence electrons. The number of ether oxygens (including phenoxy) is 3. The fourth-order valence-corrected chi connectivity index (χ4v) is 6.67. The maximum atomic E-state index is 14.3. The smallest absolute Gasteiger partial charge is 0.451 e. The third-order valence-corrected chi connectivity index (χ3v) is 9.36. The SMILES string of the molecule is CC1=NO[C@@]2(CC[C@H](C)N3C[C@H]2n2cc(C(=O)NCc4ccc(F)cc4F)c(=O)c(OCOC(=O)O[C@H](C)[C@@H](C)OP(=O)(O)O)c2C3=O)C1. The highest BCUT2D eigenvalue weighted by Gasteiger charge is 2.54. The number of halogens is 2. The lowest BCUT2D eigenvalue weighted by Gasteiger charge is -2.42. The van der Waals surface area contributed by atoms with Gasteiger partial charge in [-0.15, -0.1) is 0 Å². The van der Waals surface area contributed by atoms with E-state index in [1.54, 1.807) is 11.8 Å². The second kappa shape index (κ2) is 13.9. The third-order valence-electron chi connectivity index (χ3n) is 8.75. The first-order valence-corrected chi connectivity index (χ1v) is 16.8. The van der Waals surface area contributed by atoms with Crippen LogP contribution in [0.25, 0.3) is 0 Å². The molecule has 1 aromatic carbocycles. The van der Waals surface area contributed by atoms with Gasteiger partial charge in [0.15, 0.2) is 11.3 Å². The van der Waals surface area contributed by atoms with Crippen molar-refractivity contribution in [3.63, 3.8) is 0 Å². The summed E-state index contributed by atoms with van der Waals surface area (Å²) < 4.78 is 60.2. The average molecular weight is 713 g/mol. The summed E-state index contributed by atoms with van der Waals surface area (Å²) in [4.78, 5) is 79.2. The van der Waals surface area contributed by atoms with E-state index < -0.39 is 91.4 Å². The lowest BCUT2D eigenvalue weighted by Crippen LogP contribution is -2.52. The Morgan fingerprint density at radius 1 is 1.22 bits per heavy atom. The Bertz CT molecular complexity index is 1800. The van der Waals surface area contributed by atoms with Gasteiger partial charge in [0.05, 0.1) is 11.8 Å². The molecular weight excluding hydrogens is 677 g/mol. The normalized spacial score (nSPS) is 22.7. The number of nitrogens with one attached hydrogen (secondary N) is 1. The minimum absolute atomic E-state index is 0.0551. The maximum Gasteiger partial charge on any atom is 0.511 e. The Hall–Kier alpha value is -4.38. The second-order valence-corrected chi connectivity index (χ2v) is 13.4. The number of hydrogen-bond donors (Lipinski definition) is 3. The van der Waals surface area contributed by atoms with Crippen molar-refractivity contribution in [3.05, 3.63) is 63.1 Å². The number of amides is 2. The van der Waals surface area contributed by atoms with Gasteiger partial charge in [-0.3, -0.25) is 18.9 Å². The second-order valence-electron chi connectivity index (χ2n) is 12.2. The van der Waals surface area contributed by atoms with Gasteiger partial charge in [-0.1, -0.05) is 11.2 Å². The lowest BCUT2D eigenvalue weighted by atomic mass is 9.84. The number of rotatable bonds is 10. The van der Waals surface area contributed by atoms with Crippen molar-refractivity contribution in [2.45, 2.75) is 83.4 Å². The topological polar surface area (TPSA) is 205 Å². The van der Waals surface area contributed by atoms with Crippen LogP contribution in [0.3, 0.4) is 0 Å². The molecule has 5 rings (SSSR count). The largest absolute Gasteiger partial charge is 0.511 e. The first kappa shape index (κ1) is 35.9. The molecule has 3 aliphatic heterocycles. The highest BCUT2D eigenvalue weighted by Crippen LogP contribution is 2.46. The van der Waals surface area contributed by atoms with Crippen LogP contribution in [0.4, 0.5) is 13.6 Å². The molecule has 1 spiro atoms. The van der Waals surface area contributed by atoms with Gasteiger partial charge in [0.1, 0.15) is 29.4 Å². The predicted molar refractivity (Wildman–Crippen MR) is 164 cm³/mol. The van der Waals surface area contributed by atoms with Gasteiger partial charge < -0.3 is 43.6 Å². The third kappa shape index (κ3) is 7.61. The molecule has 1 fully saturated rings. The molecule has 4 heterocycles. The molecule has 5 atom stereocenters. The van der Waals surface area contributed by atoms with E-state index in [1.165, 1.54) is 24.6 Å². The Balaban J connectivity index is 1.48. The van der Waals surface area contributed by atoms with Crippen molar-refractivity contribution in [2.75, 3.05) is 13.3 Å². The zero-order valence-electron chi connectivity index (χ0n) is 26.9. The van der Waals surface area contributed by atoms with Gasteiger partial charge in [0.25, 0.3) is 11.8 Å². The van der Waals surface area contributed by atoms with Crippen LogP contribution in [0.2, 0.25) is 0 Å². The molecular formula is C30H35F2N4O12P. The van der Waals surface area contributed by atoms with E-state index in [-0.39, 0.29) is 23.8 Å². The summed E-state index contributed by atoms with van der Waals surface area (Å²) in [7, 11) is -4.89. The van der Waals surface area contributed by atoms with Crippen molar-refractivity contribution in [1.29, 1.82) is 0 Å². The fourth-order valence-electron chi connectivity index (χ4n) is 6.06. The van der Waals surface area contributed by atoms with Crippen molar-refractivity contribution in [1.82, 2.24) is 14.8 Å². The number of hydrogen-bond acceptors (Lipinski definition) is 11. The molecule has 2 bridgehead atoms. The number of benzene rings is 1. The van der Waals surface area contributed by atoms with Gasteiger partial charge in [-0.25, -0.2) is 18.1 Å². The van der Waals surface area contributed by atoms with Crippen molar-refractivity contribution in [2.24, 2.45) is 5.16 Å². The summed E-state index contributed by atoms with van der Waals surface area (Å²) >= 11 is 0. The van der Waals surface area contributed by atoms with Crippen LogP contribution >= 0.6 is 7.82 Å². The number of phosphoric acid groups is 1. The molecule has 19 heteroatoms. The molecule has 1 aromatic heterocycles. The zero-order valence-corrected chi connectivity index (χ0v) is 27.8.